The Morgan fingerprint density at radius 1 is 1.35 bits per heavy atom. The highest BCUT2D eigenvalue weighted by Gasteiger charge is 2.10. The van der Waals surface area contributed by atoms with Crippen molar-refractivity contribution in [2.75, 3.05) is 18.2 Å². The molecule has 20 heavy (non-hydrogen) atoms. The molecular formula is C12H11BrN4O3. The van der Waals surface area contributed by atoms with E-state index in [4.69, 9.17) is 10.5 Å². The number of nitro groups is 1. The van der Waals surface area contributed by atoms with Gasteiger partial charge in [0.25, 0.3) is 5.69 Å². The molecule has 1 aromatic carbocycles. The lowest BCUT2D eigenvalue weighted by Crippen LogP contribution is -2.00. The van der Waals surface area contributed by atoms with Crippen LogP contribution in [-0.4, -0.2) is 17.0 Å². The smallest absolute Gasteiger partial charge is 0.276 e. The van der Waals surface area contributed by atoms with E-state index >= 15 is 0 Å². The molecule has 104 valence electrons. The lowest BCUT2D eigenvalue weighted by atomic mass is 10.3. The van der Waals surface area contributed by atoms with Crippen molar-refractivity contribution >= 4 is 38.9 Å². The van der Waals surface area contributed by atoms with E-state index in [1.807, 2.05) is 0 Å². The topological polar surface area (TPSA) is 103 Å². The quantitative estimate of drug-likeness (QED) is 0.655. The van der Waals surface area contributed by atoms with Gasteiger partial charge in [-0.1, -0.05) is 15.9 Å². The zero-order chi connectivity index (χ0) is 14.7. The number of nitrogen functional groups attached to an aromatic ring is 1. The minimum Gasteiger partial charge on any atom is -0.497 e. The van der Waals surface area contributed by atoms with E-state index in [0.29, 0.717) is 11.4 Å². The highest BCUT2D eigenvalue weighted by Crippen LogP contribution is 2.28. The number of hydrogen-bond acceptors (Lipinski definition) is 6. The van der Waals surface area contributed by atoms with Gasteiger partial charge in [-0.15, -0.1) is 0 Å². The number of nitrogens with zero attached hydrogens (tertiary/aromatic N) is 2. The van der Waals surface area contributed by atoms with Gasteiger partial charge < -0.3 is 15.8 Å². The highest BCUT2D eigenvalue weighted by atomic mass is 79.9. The number of halogens is 1. The predicted molar refractivity (Wildman–Crippen MR) is 79.3 cm³/mol. The van der Waals surface area contributed by atoms with Crippen LogP contribution in [0.5, 0.6) is 5.75 Å². The molecule has 7 nitrogen and oxygen atoms in total. The first-order chi connectivity index (χ1) is 9.47. The van der Waals surface area contributed by atoms with Crippen LogP contribution in [0.4, 0.5) is 23.0 Å². The fourth-order valence-electron chi connectivity index (χ4n) is 1.61. The summed E-state index contributed by atoms with van der Waals surface area (Å²) < 4.78 is 5.94. The summed E-state index contributed by atoms with van der Waals surface area (Å²) in [6, 6.07) is 7.83. The third kappa shape index (κ3) is 3.35. The van der Waals surface area contributed by atoms with E-state index in [0.717, 1.165) is 4.47 Å². The minimum atomic E-state index is -0.523. The monoisotopic (exact) mass is 338 g/mol. The van der Waals surface area contributed by atoms with Gasteiger partial charge in [0.05, 0.1) is 24.2 Å². The first kappa shape index (κ1) is 14.1. The van der Waals surface area contributed by atoms with Crippen LogP contribution in [-0.2, 0) is 0 Å². The summed E-state index contributed by atoms with van der Waals surface area (Å²) >= 11 is 3.35. The Morgan fingerprint density at radius 3 is 2.75 bits per heavy atom. The number of benzene rings is 1. The lowest BCUT2D eigenvalue weighted by Gasteiger charge is -2.09. The third-order valence-corrected chi connectivity index (χ3v) is 2.88. The third-order valence-electron chi connectivity index (χ3n) is 2.42. The molecule has 0 unspecified atom stereocenters. The second kappa shape index (κ2) is 5.74. The predicted octanol–water partition coefficient (Wildman–Crippen LogP) is 3.09. The lowest BCUT2D eigenvalue weighted by molar-refractivity contribution is -0.384. The molecule has 2 aromatic rings. The molecule has 1 aromatic heterocycles. The highest BCUT2D eigenvalue weighted by molar-refractivity contribution is 9.10. The number of methoxy groups -OCH3 is 1. The molecule has 0 saturated carbocycles. The van der Waals surface area contributed by atoms with Crippen LogP contribution in [0, 0.1) is 10.1 Å². The summed E-state index contributed by atoms with van der Waals surface area (Å²) in [5.74, 6) is 1.00. The molecule has 0 aliphatic rings. The number of rotatable bonds is 4. The molecule has 0 radical (unpaired) electrons. The van der Waals surface area contributed by atoms with Gasteiger partial charge in [0.2, 0.25) is 0 Å². The zero-order valence-electron chi connectivity index (χ0n) is 10.5. The Bertz CT molecular complexity index is 663. The maximum atomic E-state index is 10.8. The van der Waals surface area contributed by atoms with E-state index in [1.54, 1.807) is 25.3 Å². The largest absolute Gasteiger partial charge is 0.497 e. The van der Waals surface area contributed by atoms with Crippen molar-refractivity contribution < 1.29 is 9.66 Å². The van der Waals surface area contributed by atoms with Gasteiger partial charge >= 0.3 is 0 Å². The Morgan fingerprint density at radius 2 is 2.10 bits per heavy atom. The van der Waals surface area contributed by atoms with E-state index < -0.39 is 4.92 Å². The molecule has 0 fully saturated rings. The Kier molecular flexibility index (Phi) is 4.04. The molecule has 0 atom stereocenters. The Balaban J connectivity index is 2.34. The normalized spacial score (nSPS) is 10.1. The van der Waals surface area contributed by atoms with Crippen molar-refractivity contribution in [2.24, 2.45) is 0 Å². The van der Waals surface area contributed by atoms with Crippen molar-refractivity contribution in [1.29, 1.82) is 0 Å². The average molecular weight is 339 g/mol. The first-order valence-corrected chi connectivity index (χ1v) is 6.31. The van der Waals surface area contributed by atoms with Crippen LogP contribution in [0.2, 0.25) is 0 Å². The summed E-state index contributed by atoms with van der Waals surface area (Å²) in [5, 5.41) is 13.7. The Hall–Kier alpha value is -2.35. The Labute approximate surface area is 123 Å². The van der Waals surface area contributed by atoms with Crippen LogP contribution in [0.3, 0.4) is 0 Å². The van der Waals surface area contributed by atoms with Crippen molar-refractivity contribution in [2.45, 2.75) is 0 Å². The number of nitrogens with two attached hydrogens (primary N) is 1. The summed E-state index contributed by atoms with van der Waals surface area (Å²) in [7, 11) is 1.55. The van der Waals surface area contributed by atoms with Gasteiger partial charge in [0.1, 0.15) is 17.4 Å². The van der Waals surface area contributed by atoms with Crippen LogP contribution < -0.4 is 15.8 Å². The molecule has 0 spiro atoms. The second-order valence-corrected chi connectivity index (χ2v) is 4.81. The van der Waals surface area contributed by atoms with Crippen molar-refractivity contribution in [3.63, 3.8) is 0 Å². The molecule has 0 saturated heterocycles. The van der Waals surface area contributed by atoms with Crippen LogP contribution in [0.1, 0.15) is 0 Å². The standard InChI is InChI=1S/C12H11BrN4O3/c1-20-10-3-7(13)2-8(4-10)15-12-6-9(17(18)19)5-11(14)16-12/h2-6H,1H3,(H3,14,15,16). The number of anilines is 3. The molecule has 0 aliphatic heterocycles. The maximum Gasteiger partial charge on any atom is 0.276 e. The van der Waals surface area contributed by atoms with Gasteiger partial charge in [-0.25, -0.2) is 4.98 Å². The van der Waals surface area contributed by atoms with E-state index in [-0.39, 0.29) is 17.3 Å². The van der Waals surface area contributed by atoms with Gasteiger partial charge in [-0.2, -0.15) is 0 Å². The summed E-state index contributed by atoms with van der Waals surface area (Å²) in [5.41, 5.74) is 6.09. The number of aromatic nitrogens is 1. The van der Waals surface area contributed by atoms with E-state index in [9.17, 15) is 10.1 Å². The average Bonchev–Trinajstić information content (AvgIpc) is 2.37. The van der Waals surface area contributed by atoms with Crippen LogP contribution in [0.15, 0.2) is 34.8 Å². The molecule has 0 aliphatic carbocycles. The summed E-state index contributed by atoms with van der Waals surface area (Å²) in [6.45, 7) is 0. The summed E-state index contributed by atoms with van der Waals surface area (Å²) in [6.07, 6.45) is 0. The van der Waals surface area contributed by atoms with Gasteiger partial charge in [0, 0.05) is 16.2 Å². The molecule has 0 bridgehead atoms. The number of hydrogen-bond donors (Lipinski definition) is 2. The van der Waals surface area contributed by atoms with Crippen molar-refractivity contribution in [3.05, 3.63) is 44.9 Å². The van der Waals surface area contributed by atoms with Gasteiger partial charge in [-0.05, 0) is 12.1 Å². The number of ether oxygens (including phenoxy) is 1. The van der Waals surface area contributed by atoms with Crippen LogP contribution >= 0.6 is 15.9 Å². The SMILES string of the molecule is COc1cc(Br)cc(Nc2cc([N+](=O)[O-])cc(N)n2)c1. The molecule has 8 heteroatoms. The van der Waals surface area contributed by atoms with Crippen LogP contribution in [0.25, 0.3) is 0 Å². The second-order valence-electron chi connectivity index (χ2n) is 3.90. The molecule has 3 N–H and O–H groups in total. The van der Waals surface area contributed by atoms with Gasteiger partial charge in [0.15, 0.2) is 0 Å². The minimum absolute atomic E-state index is 0.0728. The van der Waals surface area contributed by atoms with Crippen molar-refractivity contribution in [3.8, 4) is 5.75 Å². The molecule has 2 rings (SSSR count). The zero-order valence-corrected chi connectivity index (χ0v) is 12.0. The number of pyridine rings is 1. The first-order valence-electron chi connectivity index (χ1n) is 5.51. The fourth-order valence-corrected chi connectivity index (χ4v) is 2.08. The molecule has 0 amide bonds. The van der Waals surface area contributed by atoms with E-state index in [1.165, 1.54) is 12.1 Å². The number of nitrogens with one attached hydrogen (secondary N) is 1. The van der Waals surface area contributed by atoms with E-state index in [2.05, 4.69) is 26.2 Å². The molecular weight excluding hydrogens is 328 g/mol. The van der Waals surface area contributed by atoms with Crippen molar-refractivity contribution in [1.82, 2.24) is 4.98 Å². The summed E-state index contributed by atoms with van der Waals surface area (Å²) in [4.78, 5) is 14.3. The maximum absolute atomic E-state index is 10.8. The molecule has 1 heterocycles. The fraction of sp³-hybridized carbons (Fsp3) is 0.0833. The van der Waals surface area contributed by atoms with Gasteiger partial charge in [-0.3, -0.25) is 10.1 Å².